The van der Waals surface area contributed by atoms with E-state index in [1.807, 2.05) is 13.8 Å². The molecule has 3 unspecified atom stereocenters. The van der Waals surface area contributed by atoms with Gasteiger partial charge in [-0.05, 0) is 5.92 Å². The van der Waals surface area contributed by atoms with Crippen molar-refractivity contribution in [3.05, 3.63) is 0 Å². The zero-order valence-electron chi connectivity index (χ0n) is 12.0. The van der Waals surface area contributed by atoms with Gasteiger partial charge in [0.05, 0.1) is 12.7 Å². The van der Waals surface area contributed by atoms with Crippen molar-refractivity contribution >= 4 is 11.9 Å². The second kappa shape index (κ2) is 8.71. The summed E-state index contributed by atoms with van der Waals surface area (Å²) in [4.78, 5) is 24.5. The molecule has 0 bridgehead atoms. The number of primary amides is 1. The molecule has 0 aromatic heterocycles. The predicted octanol–water partition coefficient (Wildman–Crippen LogP) is -0.465. The summed E-state index contributed by atoms with van der Waals surface area (Å²) in [6, 6.07) is -1.41. The quantitative estimate of drug-likeness (QED) is 0.557. The number of amides is 3. The number of likely N-dealkylation sites (N-methyl/N-ethyl adjacent to an activating group) is 1. The number of hydrogen-bond acceptors (Lipinski definition) is 4. The highest BCUT2D eigenvalue weighted by Crippen LogP contribution is 2.10. The fourth-order valence-electron chi connectivity index (χ4n) is 1.72. The number of methoxy groups -OCH3 is 1. The SMILES string of the molecule is CCC(C)C(NC(N)=O)C(=O)N(C)CC(O)COC. The third kappa shape index (κ3) is 6.40. The topological polar surface area (TPSA) is 105 Å². The maximum Gasteiger partial charge on any atom is 0.312 e. The lowest BCUT2D eigenvalue weighted by atomic mass is 9.98. The van der Waals surface area contributed by atoms with E-state index in [2.05, 4.69) is 5.32 Å². The predicted molar refractivity (Wildman–Crippen MR) is 71.5 cm³/mol. The van der Waals surface area contributed by atoms with Crippen molar-refractivity contribution in [2.24, 2.45) is 11.7 Å². The Morgan fingerprint density at radius 1 is 1.47 bits per heavy atom. The fourth-order valence-corrected chi connectivity index (χ4v) is 1.72. The Labute approximate surface area is 114 Å². The first-order valence-electron chi connectivity index (χ1n) is 6.31. The van der Waals surface area contributed by atoms with E-state index in [1.54, 1.807) is 7.05 Å². The molecule has 0 spiro atoms. The molecule has 3 amide bonds. The van der Waals surface area contributed by atoms with Crippen molar-refractivity contribution < 1.29 is 19.4 Å². The van der Waals surface area contributed by atoms with Gasteiger partial charge in [0.15, 0.2) is 0 Å². The van der Waals surface area contributed by atoms with E-state index in [-0.39, 0.29) is 25.0 Å². The molecule has 0 heterocycles. The lowest BCUT2D eigenvalue weighted by Gasteiger charge is -2.28. The van der Waals surface area contributed by atoms with Crippen LogP contribution in [0.4, 0.5) is 4.79 Å². The number of nitrogens with zero attached hydrogens (tertiary/aromatic N) is 1. The summed E-state index contributed by atoms with van der Waals surface area (Å²) in [5.74, 6) is -0.315. The van der Waals surface area contributed by atoms with Crippen molar-refractivity contribution in [2.45, 2.75) is 32.4 Å². The Morgan fingerprint density at radius 3 is 2.47 bits per heavy atom. The summed E-state index contributed by atoms with van der Waals surface area (Å²) >= 11 is 0. The highest BCUT2D eigenvalue weighted by Gasteiger charge is 2.28. The minimum atomic E-state index is -0.759. The molecule has 4 N–H and O–H groups in total. The van der Waals surface area contributed by atoms with Gasteiger partial charge < -0.3 is 25.8 Å². The highest BCUT2D eigenvalue weighted by atomic mass is 16.5. The smallest absolute Gasteiger partial charge is 0.312 e. The van der Waals surface area contributed by atoms with Crippen LogP contribution < -0.4 is 11.1 Å². The maximum atomic E-state index is 12.2. The Kier molecular flexibility index (Phi) is 8.09. The molecule has 0 rings (SSSR count). The zero-order chi connectivity index (χ0) is 15.0. The summed E-state index contributed by atoms with van der Waals surface area (Å²) in [6.07, 6.45) is -0.0318. The lowest BCUT2D eigenvalue weighted by Crippen LogP contribution is -2.53. The molecular weight excluding hydrogens is 250 g/mol. The van der Waals surface area contributed by atoms with E-state index < -0.39 is 18.2 Å². The molecule has 0 aromatic rings. The van der Waals surface area contributed by atoms with Gasteiger partial charge in [-0.15, -0.1) is 0 Å². The number of carbonyl (C=O) groups excluding carboxylic acids is 2. The van der Waals surface area contributed by atoms with E-state index in [9.17, 15) is 14.7 Å². The van der Waals surface area contributed by atoms with E-state index in [4.69, 9.17) is 10.5 Å². The van der Waals surface area contributed by atoms with Crippen molar-refractivity contribution in [2.75, 3.05) is 27.3 Å². The minimum Gasteiger partial charge on any atom is -0.389 e. The number of carbonyl (C=O) groups is 2. The van der Waals surface area contributed by atoms with E-state index in [0.29, 0.717) is 0 Å². The van der Waals surface area contributed by atoms with E-state index in [1.165, 1.54) is 12.0 Å². The second-order valence-electron chi connectivity index (χ2n) is 4.70. The summed E-state index contributed by atoms with van der Waals surface area (Å²) in [7, 11) is 3.04. The van der Waals surface area contributed by atoms with Gasteiger partial charge in [-0.25, -0.2) is 4.79 Å². The van der Waals surface area contributed by atoms with Crippen molar-refractivity contribution in [1.82, 2.24) is 10.2 Å². The van der Waals surface area contributed by atoms with Crippen LogP contribution in [0.5, 0.6) is 0 Å². The van der Waals surface area contributed by atoms with Gasteiger partial charge in [-0.1, -0.05) is 20.3 Å². The summed E-state index contributed by atoms with van der Waals surface area (Å²) in [5.41, 5.74) is 5.08. The first-order valence-corrected chi connectivity index (χ1v) is 6.31. The molecule has 0 fully saturated rings. The summed E-state index contributed by atoms with van der Waals surface area (Å²) in [6.45, 7) is 4.07. The molecule has 19 heavy (non-hydrogen) atoms. The summed E-state index contributed by atoms with van der Waals surface area (Å²) < 4.78 is 4.80. The molecular formula is C12H25N3O4. The van der Waals surface area contributed by atoms with Crippen LogP contribution in [-0.2, 0) is 9.53 Å². The van der Waals surface area contributed by atoms with Gasteiger partial charge in [0.1, 0.15) is 6.04 Å². The average molecular weight is 275 g/mol. The fraction of sp³-hybridized carbons (Fsp3) is 0.833. The average Bonchev–Trinajstić information content (AvgIpc) is 2.34. The molecule has 0 saturated heterocycles. The Bertz CT molecular complexity index is 299. The van der Waals surface area contributed by atoms with Crippen molar-refractivity contribution in [3.8, 4) is 0 Å². The van der Waals surface area contributed by atoms with Gasteiger partial charge in [-0.2, -0.15) is 0 Å². The number of aliphatic hydroxyl groups is 1. The number of rotatable bonds is 8. The van der Waals surface area contributed by atoms with Crippen LogP contribution in [0.1, 0.15) is 20.3 Å². The Hall–Kier alpha value is -1.34. The molecule has 112 valence electrons. The summed E-state index contributed by atoms with van der Waals surface area (Å²) in [5, 5.41) is 12.0. The van der Waals surface area contributed by atoms with Crippen LogP contribution in [0, 0.1) is 5.92 Å². The highest BCUT2D eigenvalue weighted by molar-refractivity contribution is 5.86. The standard InChI is InChI=1S/C12H25N3O4/c1-5-8(2)10(14-12(13)18)11(17)15(3)6-9(16)7-19-4/h8-10,16H,5-7H2,1-4H3,(H3,13,14,18). The molecule has 0 saturated carbocycles. The number of nitrogens with two attached hydrogens (primary N) is 1. The van der Waals surface area contributed by atoms with Gasteiger partial charge in [-0.3, -0.25) is 4.79 Å². The van der Waals surface area contributed by atoms with Crippen LogP contribution in [0.25, 0.3) is 0 Å². The third-order valence-corrected chi connectivity index (χ3v) is 3.00. The van der Waals surface area contributed by atoms with Crippen LogP contribution in [-0.4, -0.2) is 61.4 Å². The number of urea groups is 1. The largest absolute Gasteiger partial charge is 0.389 e. The van der Waals surface area contributed by atoms with Gasteiger partial charge in [0.25, 0.3) is 0 Å². The maximum absolute atomic E-state index is 12.2. The van der Waals surface area contributed by atoms with Gasteiger partial charge in [0.2, 0.25) is 5.91 Å². The van der Waals surface area contributed by atoms with Gasteiger partial charge in [0, 0.05) is 20.7 Å². The van der Waals surface area contributed by atoms with Crippen LogP contribution in [0.2, 0.25) is 0 Å². The molecule has 0 aliphatic carbocycles. The van der Waals surface area contributed by atoms with Crippen molar-refractivity contribution in [3.63, 3.8) is 0 Å². The molecule has 7 heteroatoms. The van der Waals surface area contributed by atoms with E-state index in [0.717, 1.165) is 6.42 Å². The number of nitrogens with one attached hydrogen (secondary N) is 1. The molecule has 0 radical (unpaired) electrons. The minimum absolute atomic E-state index is 0.0398. The monoisotopic (exact) mass is 275 g/mol. The first-order chi connectivity index (χ1) is 8.83. The number of aliphatic hydroxyl groups excluding tert-OH is 1. The van der Waals surface area contributed by atoms with Crippen LogP contribution in [0.15, 0.2) is 0 Å². The van der Waals surface area contributed by atoms with Gasteiger partial charge >= 0.3 is 6.03 Å². The number of ether oxygens (including phenoxy) is 1. The third-order valence-electron chi connectivity index (χ3n) is 3.00. The second-order valence-corrected chi connectivity index (χ2v) is 4.70. The first kappa shape index (κ1) is 17.7. The Balaban J connectivity index is 4.64. The molecule has 0 aliphatic rings. The normalized spacial score (nSPS) is 15.4. The van der Waals surface area contributed by atoms with Crippen molar-refractivity contribution in [1.29, 1.82) is 0 Å². The molecule has 0 aromatic carbocycles. The zero-order valence-corrected chi connectivity index (χ0v) is 12.0. The Morgan fingerprint density at radius 2 is 2.05 bits per heavy atom. The molecule has 7 nitrogen and oxygen atoms in total. The van der Waals surface area contributed by atoms with Crippen LogP contribution >= 0.6 is 0 Å². The van der Waals surface area contributed by atoms with Crippen LogP contribution in [0.3, 0.4) is 0 Å². The molecule has 0 aliphatic heterocycles. The number of hydrogen-bond donors (Lipinski definition) is 3. The molecule has 3 atom stereocenters. The van der Waals surface area contributed by atoms with E-state index >= 15 is 0 Å². The lowest BCUT2D eigenvalue weighted by molar-refractivity contribution is -0.134.